The summed E-state index contributed by atoms with van der Waals surface area (Å²) in [5.41, 5.74) is 6.71. The van der Waals surface area contributed by atoms with Crippen LogP contribution in [0, 0.1) is 0 Å². The third-order valence-electron chi connectivity index (χ3n) is 7.95. The normalized spacial score (nSPS) is 11.6. The van der Waals surface area contributed by atoms with Crippen LogP contribution in [0.3, 0.4) is 0 Å². The van der Waals surface area contributed by atoms with Gasteiger partial charge < -0.3 is 8.83 Å². The highest BCUT2D eigenvalue weighted by atomic mass is 16.3. The van der Waals surface area contributed by atoms with Gasteiger partial charge in [0, 0.05) is 38.4 Å². The molecule has 6 nitrogen and oxygen atoms in total. The predicted octanol–water partition coefficient (Wildman–Crippen LogP) is 9.73. The van der Waals surface area contributed by atoms with Gasteiger partial charge in [0.25, 0.3) is 0 Å². The number of hydrogen-bond acceptors (Lipinski definition) is 6. The van der Waals surface area contributed by atoms with E-state index >= 15 is 0 Å². The van der Waals surface area contributed by atoms with Gasteiger partial charge in [0.2, 0.25) is 5.89 Å². The number of nitrogens with zero attached hydrogens (tertiary/aromatic N) is 4. The Labute approximate surface area is 251 Å². The lowest BCUT2D eigenvalue weighted by molar-refractivity contribution is 0.623. The van der Waals surface area contributed by atoms with Crippen molar-refractivity contribution in [3.05, 3.63) is 133 Å². The maximum atomic E-state index is 6.46. The molecule has 44 heavy (non-hydrogen) atoms. The lowest BCUT2D eigenvalue weighted by Crippen LogP contribution is -2.00. The summed E-state index contributed by atoms with van der Waals surface area (Å²) in [6.45, 7) is 0. The summed E-state index contributed by atoms with van der Waals surface area (Å²) in [4.78, 5) is 19.4. The highest BCUT2D eigenvalue weighted by Crippen LogP contribution is 2.40. The molecule has 0 aliphatic rings. The quantitative estimate of drug-likeness (QED) is 0.211. The molecule has 0 unspecified atom stereocenters. The molecule has 0 N–H and O–H groups in total. The van der Waals surface area contributed by atoms with Crippen LogP contribution >= 0.6 is 0 Å². The summed E-state index contributed by atoms with van der Waals surface area (Å²) in [5.74, 6) is 2.41. The van der Waals surface area contributed by atoms with Gasteiger partial charge in [-0.1, -0.05) is 97.1 Å². The van der Waals surface area contributed by atoms with Gasteiger partial charge in [0.05, 0.1) is 0 Å². The molecule has 3 aromatic heterocycles. The molecule has 0 bridgehead atoms. The first-order chi connectivity index (χ1) is 21.8. The molecular weight excluding hydrogens is 544 g/mol. The molecule has 9 aromatic rings. The minimum atomic E-state index is 0.579. The van der Waals surface area contributed by atoms with Gasteiger partial charge in [-0.3, -0.25) is 0 Å². The van der Waals surface area contributed by atoms with Gasteiger partial charge in [-0.15, -0.1) is 0 Å². The molecule has 0 saturated carbocycles. The van der Waals surface area contributed by atoms with E-state index in [0.717, 1.165) is 66.1 Å². The molecule has 206 valence electrons. The summed E-state index contributed by atoms with van der Waals surface area (Å²) < 4.78 is 12.9. The Hall–Kier alpha value is -6.14. The fourth-order valence-electron chi connectivity index (χ4n) is 5.84. The number of hydrogen-bond donors (Lipinski definition) is 0. The van der Waals surface area contributed by atoms with Crippen LogP contribution in [0.2, 0.25) is 0 Å². The number of fused-ring (bicyclic) bond motifs is 7. The third kappa shape index (κ3) is 3.96. The zero-order valence-electron chi connectivity index (χ0n) is 23.3. The first-order valence-electron chi connectivity index (χ1n) is 14.4. The van der Waals surface area contributed by atoms with E-state index in [1.165, 1.54) is 0 Å². The monoisotopic (exact) mass is 566 g/mol. The number of benzene rings is 6. The van der Waals surface area contributed by atoms with Crippen molar-refractivity contribution in [2.24, 2.45) is 0 Å². The first-order valence-corrected chi connectivity index (χ1v) is 14.4. The zero-order valence-corrected chi connectivity index (χ0v) is 23.3. The Morgan fingerprint density at radius 1 is 0.409 bits per heavy atom. The summed E-state index contributed by atoms with van der Waals surface area (Å²) in [7, 11) is 0. The molecule has 0 atom stereocenters. The Bertz CT molecular complexity index is 2430. The summed E-state index contributed by atoms with van der Waals surface area (Å²) in [5, 5.41) is 4.03. The predicted molar refractivity (Wildman–Crippen MR) is 174 cm³/mol. The van der Waals surface area contributed by atoms with Crippen molar-refractivity contribution in [3.8, 4) is 45.6 Å². The summed E-state index contributed by atoms with van der Waals surface area (Å²) in [6, 6.07) is 44.2. The Balaban J connectivity index is 1.24. The van der Waals surface area contributed by atoms with E-state index in [1.807, 2.05) is 115 Å². The average molecular weight is 567 g/mol. The standard InChI is InChI=1S/C38H22N4O2/c1-4-10-24(11-5-1)35-40-36(25-12-6-2-7-13-25)42-37(41-35)27-16-19-28-31(22-27)43-30-21-18-23-17-20-29-34(32(23)33(28)30)44-38(39-29)26-14-8-3-9-15-26/h1-22H. The number of oxazole rings is 1. The van der Waals surface area contributed by atoms with E-state index in [9.17, 15) is 0 Å². The van der Waals surface area contributed by atoms with E-state index in [1.54, 1.807) is 0 Å². The lowest BCUT2D eigenvalue weighted by Gasteiger charge is -2.08. The molecule has 9 rings (SSSR count). The minimum absolute atomic E-state index is 0.579. The number of aromatic nitrogens is 4. The minimum Gasteiger partial charge on any atom is -0.456 e. The van der Waals surface area contributed by atoms with Crippen molar-refractivity contribution in [1.29, 1.82) is 0 Å². The van der Waals surface area contributed by atoms with Gasteiger partial charge in [-0.25, -0.2) is 19.9 Å². The van der Waals surface area contributed by atoms with Crippen LogP contribution in [-0.2, 0) is 0 Å². The van der Waals surface area contributed by atoms with Gasteiger partial charge in [0.15, 0.2) is 23.1 Å². The fraction of sp³-hybridized carbons (Fsp3) is 0. The van der Waals surface area contributed by atoms with Crippen LogP contribution in [0.15, 0.2) is 142 Å². The van der Waals surface area contributed by atoms with Gasteiger partial charge >= 0.3 is 0 Å². The largest absolute Gasteiger partial charge is 0.456 e. The van der Waals surface area contributed by atoms with Crippen LogP contribution in [0.5, 0.6) is 0 Å². The summed E-state index contributed by atoms with van der Waals surface area (Å²) in [6.07, 6.45) is 0. The second-order valence-electron chi connectivity index (χ2n) is 10.7. The lowest BCUT2D eigenvalue weighted by atomic mass is 10.0. The molecule has 0 spiro atoms. The molecule has 0 radical (unpaired) electrons. The number of rotatable bonds is 4. The van der Waals surface area contributed by atoms with Crippen molar-refractivity contribution in [2.45, 2.75) is 0 Å². The molecule has 0 saturated heterocycles. The third-order valence-corrected chi connectivity index (χ3v) is 7.95. The van der Waals surface area contributed by atoms with Gasteiger partial charge in [-0.2, -0.15) is 0 Å². The maximum absolute atomic E-state index is 6.46. The Morgan fingerprint density at radius 2 is 1.00 bits per heavy atom. The Kier molecular flexibility index (Phi) is 5.40. The molecule has 0 aliphatic heterocycles. The van der Waals surface area contributed by atoms with Crippen LogP contribution in [0.25, 0.3) is 89.4 Å². The topological polar surface area (TPSA) is 77.8 Å². The Morgan fingerprint density at radius 3 is 1.66 bits per heavy atom. The number of furan rings is 1. The van der Waals surface area contributed by atoms with Crippen LogP contribution in [-0.4, -0.2) is 19.9 Å². The SMILES string of the molecule is c1ccc(-c2nc(-c3ccccc3)nc(-c3ccc4c(c3)oc3ccc5ccc6nc(-c7ccccc7)oc6c5c34)n2)cc1. The van der Waals surface area contributed by atoms with Crippen molar-refractivity contribution >= 4 is 43.8 Å². The molecule has 3 heterocycles. The highest BCUT2D eigenvalue weighted by molar-refractivity contribution is 6.25. The van der Waals surface area contributed by atoms with E-state index < -0.39 is 0 Å². The second kappa shape index (κ2) is 9.71. The smallest absolute Gasteiger partial charge is 0.227 e. The molecule has 0 fully saturated rings. The van der Waals surface area contributed by atoms with Crippen LogP contribution in [0.4, 0.5) is 0 Å². The van der Waals surface area contributed by atoms with E-state index in [0.29, 0.717) is 23.4 Å². The molecule has 0 amide bonds. The van der Waals surface area contributed by atoms with E-state index in [-0.39, 0.29) is 0 Å². The van der Waals surface area contributed by atoms with Crippen molar-refractivity contribution in [1.82, 2.24) is 19.9 Å². The molecule has 6 heteroatoms. The fourth-order valence-corrected chi connectivity index (χ4v) is 5.84. The summed E-state index contributed by atoms with van der Waals surface area (Å²) >= 11 is 0. The van der Waals surface area contributed by atoms with Crippen molar-refractivity contribution < 1.29 is 8.83 Å². The molecular formula is C38H22N4O2. The molecule has 0 aliphatic carbocycles. The average Bonchev–Trinajstić information content (AvgIpc) is 3.71. The maximum Gasteiger partial charge on any atom is 0.227 e. The van der Waals surface area contributed by atoms with Gasteiger partial charge in [-0.05, 0) is 41.8 Å². The molecule has 6 aromatic carbocycles. The van der Waals surface area contributed by atoms with E-state index in [2.05, 4.69) is 18.2 Å². The van der Waals surface area contributed by atoms with E-state index in [4.69, 9.17) is 28.8 Å². The van der Waals surface area contributed by atoms with Crippen molar-refractivity contribution in [3.63, 3.8) is 0 Å². The second-order valence-corrected chi connectivity index (χ2v) is 10.7. The highest BCUT2D eigenvalue weighted by Gasteiger charge is 2.19. The first kappa shape index (κ1) is 24.5. The van der Waals surface area contributed by atoms with Gasteiger partial charge in [0.1, 0.15) is 16.7 Å². The van der Waals surface area contributed by atoms with Crippen LogP contribution in [0.1, 0.15) is 0 Å². The zero-order chi connectivity index (χ0) is 29.0. The van der Waals surface area contributed by atoms with Crippen LogP contribution < -0.4 is 0 Å². The van der Waals surface area contributed by atoms with Crippen molar-refractivity contribution in [2.75, 3.05) is 0 Å².